The number of hydrogen-bond acceptors (Lipinski definition) is 4. The largest absolute Gasteiger partial charge is 0.333 e. The first kappa shape index (κ1) is 13.0. The Morgan fingerprint density at radius 3 is 3.05 bits per heavy atom. The molecule has 19 heavy (non-hydrogen) atoms. The Kier molecular flexibility index (Phi) is 4.07. The van der Waals surface area contributed by atoms with Crippen molar-refractivity contribution in [2.24, 2.45) is 0 Å². The number of aromatic nitrogens is 4. The Morgan fingerprint density at radius 2 is 2.37 bits per heavy atom. The lowest BCUT2D eigenvalue weighted by Crippen LogP contribution is -2.22. The molecule has 2 aromatic heterocycles. The molecule has 0 saturated heterocycles. The molecule has 0 aromatic carbocycles. The second kappa shape index (κ2) is 5.94. The lowest BCUT2D eigenvalue weighted by atomic mass is 10.2. The van der Waals surface area contributed by atoms with Crippen molar-refractivity contribution in [3.8, 4) is 0 Å². The number of nitrogens with one attached hydrogen (secondary N) is 2. The summed E-state index contributed by atoms with van der Waals surface area (Å²) in [6, 6.07) is 1.02. The molecule has 2 rings (SSSR count). The second-order valence-corrected chi connectivity index (χ2v) is 4.09. The van der Waals surface area contributed by atoms with Crippen molar-refractivity contribution in [1.82, 2.24) is 19.5 Å². The van der Waals surface area contributed by atoms with E-state index < -0.39 is 6.03 Å². The number of aromatic amines is 1. The molecule has 0 aliphatic rings. The third kappa shape index (κ3) is 3.51. The predicted octanol–water partition coefficient (Wildman–Crippen LogP) is 1.39. The molecule has 0 atom stereocenters. The van der Waals surface area contributed by atoms with Gasteiger partial charge in [0.05, 0.1) is 0 Å². The maximum Gasteiger partial charge on any atom is 0.333 e. The Labute approximate surface area is 109 Å². The maximum absolute atomic E-state index is 11.8. The molecule has 0 radical (unpaired) electrons. The van der Waals surface area contributed by atoms with Gasteiger partial charge in [-0.05, 0) is 12.8 Å². The van der Waals surface area contributed by atoms with E-state index in [0.717, 1.165) is 12.8 Å². The smallest absolute Gasteiger partial charge is 0.292 e. The topological polar surface area (TPSA) is 92.7 Å². The molecule has 0 aliphatic carbocycles. The molecule has 2 N–H and O–H groups in total. The summed E-state index contributed by atoms with van der Waals surface area (Å²) in [4.78, 5) is 33.7. The van der Waals surface area contributed by atoms with Gasteiger partial charge in [-0.1, -0.05) is 13.3 Å². The van der Waals surface area contributed by atoms with E-state index >= 15 is 0 Å². The minimum Gasteiger partial charge on any atom is -0.292 e. The summed E-state index contributed by atoms with van der Waals surface area (Å²) in [6.45, 7) is 2.06. The van der Waals surface area contributed by atoms with Gasteiger partial charge in [-0.2, -0.15) is 0 Å². The zero-order valence-electron chi connectivity index (χ0n) is 10.6. The Balaban J connectivity index is 2.13. The number of carbonyl (C=O) groups is 1. The predicted molar refractivity (Wildman–Crippen MR) is 70.1 cm³/mol. The van der Waals surface area contributed by atoms with Crippen molar-refractivity contribution in [3.63, 3.8) is 0 Å². The third-order valence-corrected chi connectivity index (χ3v) is 2.55. The fourth-order valence-electron chi connectivity index (χ4n) is 1.60. The van der Waals surface area contributed by atoms with Gasteiger partial charge in [0.15, 0.2) is 0 Å². The first-order valence-corrected chi connectivity index (χ1v) is 6.08. The molecule has 0 aliphatic heterocycles. The summed E-state index contributed by atoms with van der Waals surface area (Å²) in [5.41, 5.74) is 0.397. The molecule has 0 unspecified atom stereocenters. The zero-order valence-corrected chi connectivity index (χ0v) is 10.6. The highest BCUT2D eigenvalue weighted by molar-refractivity contribution is 5.89. The number of amides is 1. The summed E-state index contributed by atoms with van der Waals surface area (Å²) < 4.78 is 1.26. The maximum atomic E-state index is 11.8. The van der Waals surface area contributed by atoms with Gasteiger partial charge in [0, 0.05) is 24.2 Å². The minimum absolute atomic E-state index is 0.150. The highest BCUT2D eigenvalue weighted by Gasteiger charge is 2.07. The quantitative estimate of drug-likeness (QED) is 0.869. The van der Waals surface area contributed by atoms with E-state index in [9.17, 15) is 9.59 Å². The van der Waals surface area contributed by atoms with Crippen LogP contribution in [0.15, 0.2) is 29.6 Å². The lowest BCUT2D eigenvalue weighted by Gasteiger charge is -2.05. The Hall–Kier alpha value is -2.44. The first-order chi connectivity index (χ1) is 9.19. The van der Waals surface area contributed by atoms with E-state index in [0.29, 0.717) is 12.1 Å². The van der Waals surface area contributed by atoms with Crippen molar-refractivity contribution in [3.05, 3.63) is 40.8 Å². The SMILES string of the molecule is CCCCc1cc(=O)[nH]c(NC(=O)n2ccnc2)n1. The lowest BCUT2D eigenvalue weighted by molar-refractivity contribution is 0.253. The summed E-state index contributed by atoms with van der Waals surface area (Å²) in [6.07, 6.45) is 7.06. The van der Waals surface area contributed by atoms with Gasteiger partial charge in [0.25, 0.3) is 5.56 Å². The van der Waals surface area contributed by atoms with Crippen LogP contribution in [0, 0.1) is 0 Å². The molecule has 2 aromatic rings. The van der Waals surface area contributed by atoms with Crippen LogP contribution in [0.2, 0.25) is 0 Å². The molecule has 0 fully saturated rings. The van der Waals surface area contributed by atoms with Crippen LogP contribution in [0.5, 0.6) is 0 Å². The second-order valence-electron chi connectivity index (χ2n) is 4.09. The molecule has 7 nitrogen and oxygen atoms in total. The number of rotatable bonds is 4. The van der Waals surface area contributed by atoms with Crippen molar-refractivity contribution in [2.45, 2.75) is 26.2 Å². The summed E-state index contributed by atoms with van der Waals surface area (Å²) >= 11 is 0. The molecule has 2 heterocycles. The van der Waals surface area contributed by atoms with Gasteiger partial charge in [0.1, 0.15) is 6.33 Å². The Bertz CT molecular complexity index is 603. The van der Waals surface area contributed by atoms with Crippen molar-refractivity contribution in [2.75, 3.05) is 5.32 Å². The van der Waals surface area contributed by atoms with E-state index in [1.54, 1.807) is 0 Å². The number of unbranched alkanes of at least 4 members (excludes halogenated alkanes) is 1. The molecule has 0 bridgehead atoms. The molecular formula is C12H15N5O2. The monoisotopic (exact) mass is 261 g/mol. The van der Waals surface area contributed by atoms with E-state index in [1.165, 1.54) is 29.4 Å². The molecule has 0 spiro atoms. The number of nitrogens with zero attached hydrogens (tertiary/aromatic N) is 3. The zero-order chi connectivity index (χ0) is 13.7. The van der Waals surface area contributed by atoms with Crippen LogP contribution in [0.3, 0.4) is 0 Å². The van der Waals surface area contributed by atoms with Crippen LogP contribution in [-0.4, -0.2) is 25.6 Å². The van der Waals surface area contributed by atoms with Crippen LogP contribution in [0.25, 0.3) is 0 Å². The average Bonchev–Trinajstić information content (AvgIpc) is 2.89. The van der Waals surface area contributed by atoms with Crippen LogP contribution >= 0.6 is 0 Å². The first-order valence-electron chi connectivity index (χ1n) is 6.08. The van der Waals surface area contributed by atoms with Crippen molar-refractivity contribution >= 4 is 12.0 Å². The number of H-pyrrole nitrogens is 1. The van der Waals surface area contributed by atoms with Crippen LogP contribution in [0.1, 0.15) is 25.5 Å². The molecule has 1 amide bonds. The van der Waals surface area contributed by atoms with E-state index in [1.807, 2.05) is 0 Å². The van der Waals surface area contributed by atoms with Gasteiger partial charge in [-0.25, -0.2) is 14.8 Å². The van der Waals surface area contributed by atoms with Crippen molar-refractivity contribution < 1.29 is 4.79 Å². The van der Waals surface area contributed by atoms with Gasteiger partial charge in [0.2, 0.25) is 5.95 Å². The molecule has 0 saturated carbocycles. The fourth-order valence-corrected chi connectivity index (χ4v) is 1.60. The average molecular weight is 261 g/mol. The molecular weight excluding hydrogens is 246 g/mol. The number of aryl methyl sites for hydroxylation is 1. The standard InChI is InChI=1S/C12H15N5O2/c1-2-3-4-9-7-10(18)15-11(14-9)16-12(19)17-6-5-13-8-17/h5-8H,2-4H2,1H3,(H2,14,15,16,18,19). The number of anilines is 1. The van der Waals surface area contributed by atoms with E-state index in [-0.39, 0.29) is 11.5 Å². The van der Waals surface area contributed by atoms with Gasteiger partial charge < -0.3 is 0 Å². The van der Waals surface area contributed by atoms with Crippen LogP contribution in [0.4, 0.5) is 10.7 Å². The normalized spacial score (nSPS) is 10.4. The van der Waals surface area contributed by atoms with Gasteiger partial charge >= 0.3 is 6.03 Å². The summed E-state index contributed by atoms with van der Waals surface area (Å²) in [7, 11) is 0. The van der Waals surface area contributed by atoms with Crippen LogP contribution < -0.4 is 10.9 Å². The highest BCUT2D eigenvalue weighted by Crippen LogP contribution is 2.03. The van der Waals surface area contributed by atoms with Crippen molar-refractivity contribution in [1.29, 1.82) is 0 Å². The van der Waals surface area contributed by atoms with Crippen LogP contribution in [-0.2, 0) is 6.42 Å². The van der Waals surface area contributed by atoms with Gasteiger partial charge in [-0.3, -0.25) is 19.7 Å². The molecule has 100 valence electrons. The highest BCUT2D eigenvalue weighted by atomic mass is 16.2. The molecule has 7 heteroatoms. The minimum atomic E-state index is -0.423. The number of hydrogen-bond donors (Lipinski definition) is 2. The number of carbonyl (C=O) groups excluding carboxylic acids is 1. The fraction of sp³-hybridized carbons (Fsp3) is 0.333. The summed E-state index contributed by atoms with van der Waals surface area (Å²) in [5.74, 6) is 0.150. The Morgan fingerprint density at radius 1 is 1.53 bits per heavy atom. The number of imidazole rings is 1. The van der Waals surface area contributed by atoms with Gasteiger partial charge in [-0.15, -0.1) is 0 Å². The van der Waals surface area contributed by atoms with E-state index in [4.69, 9.17) is 0 Å². The third-order valence-electron chi connectivity index (χ3n) is 2.55. The summed E-state index contributed by atoms with van der Waals surface area (Å²) in [5, 5.41) is 2.52. The van der Waals surface area contributed by atoms with E-state index in [2.05, 4.69) is 27.2 Å².